The minimum Gasteiger partial charge on any atom is -0.486 e. The molecule has 0 unspecified atom stereocenters. The molecule has 2 aromatic carbocycles. The summed E-state index contributed by atoms with van der Waals surface area (Å²) in [6.45, 7) is 3.11. The lowest BCUT2D eigenvalue weighted by Crippen LogP contribution is -2.24. The van der Waals surface area contributed by atoms with Crippen LogP contribution in [-0.2, 0) is 6.54 Å². The van der Waals surface area contributed by atoms with Crippen molar-refractivity contribution in [2.45, 2.75) is 13.5 Å². The molecule has 0 saturated carbocycles. The SMILES string of the molecule is Cc1c(C(=O)NCc2cccc3c2OCCO3)sc2cccc(F)c12. The van der Waals surface area contributed by atoms with Crippen LogP contribution in [0.1, 0.15) is 20.8 Å². The Kier molecular flexibility index (Phi) is 4.05. The van der Waals surface area contributed by atoms with Crippen molar-refractivity contribution in [2.24, 2.45) is 0 Å². The predicted molar refractivity (Wildman–Crippen MR) is 95.1 cm³/mol. The van der Waals surface area contributed by atoms with E-state index in [1.807, 2.05) is 24.3 Å². The molecule has 1 aliphatic rings. The first-order valence-corrected chi connectivity index (χ1v) is 8.80. The molecule has 25 heavy (non-hydrogen) atoms. The average Bonchev–Trinajstić information content (AvgIpc) is 2.98. The third kappa shape index (κ3) is 2.82. The van der Waals surface area contributed by atoms with E-state index in [1.165, 1.54) is 17.4 Å². The summed E-state index contributed by atoms with van der Waals surface area (Å²) in [5.74, 6) is 0.853. The zero-order chi connectivity index (χ0) is 17.4. The Labute approximate surface area is 148 Å². The Morgan fingerprint density at radius 1 is 1.20 bits per heavy atom. The molecule has 0 saturated heterocycles. The van der Waals surface area contributed by atoms with E-state index in [0.717, 1.165) is 10.3 Å². The maximum absolute atomic E-state index is 14.0. The van der Waals surface area contributed by atoms with Crippen LogP contribution >= 0.6 is 11.3 Å². The monoisotopic (exact) mass is 357 g/mol. The molecule has 6 heteroatoms. The number of rotatable bonds is 3. The molecule has 0 aliphatic carbocycles. The molecule has 1 aliphatic heterocycles. The number of hydrogen-bond acceptors (Lipinski definition) is 4. The number of amides is 1. The van der Waals surface area contributed by atoms with Gasteiger partial charge >= 0.3 is 0 Å². The standard InChI is InChI=1S/C19H16FNO3S/c1-11-16-13(20)5-3-7-15(16)25-18(11)19(22)21-10-12-4-2-6-14-17(12)24-9-8-23-14/h2-7H,8-10H2,1H3,(H,21,22). The topological polar surface area (TPSA) is 47.6 Å². The zero-order valence-corrected chi connectivity index (χ0v) is 14.4. The van der Waals surface area contributed by atoms with Gasteiger partial charge in [-0.05, 0) is 30.7 Å². The number of carbonyl (C=O) groups is 1. The van der Waals surface area contributed by atoms with Gasteiger partial charge in [0.1, 0.15) is 19.0 Å². The first kappa shape index (κ1) is 15.9. The fourth-order valence-electron chi connectivity index (χ4n) is 3.00. The molecule has 1 N–H and O–H groups in total. The molecular weight excluding hydrogens is 341 g/mol. The third-order valence-electron chi connectivity index (χ3n) is 4.20. The highest BCUT2D eigenvalue weighted by molar-refractivity contribution is 7.21. The Balaban J connectivity index is 1.58. The number of thiophene rings is 1. The lowest BCUT2D eigenvalue weighted by atomic mass is 10.1. The number of benzene rings is 2. The van der Waals surface area contributed by atoms with Gasteiger partial charge < -0.3 is 14.8 Å². The highest BCUT2D eigenvalue weighted by Crippen LogP contribution is 2.34. The number of ether oxygens (including phenoxy) is 2. The second-order valence-corrected chi connectivity index (χ2v) is 6.85. The predicted octanol–water partition coefficient (Wildman–Crippen LogP) is 4.05. The van der Waals surface area contributed by atoms with Gasteiger partial charge in [-0.2, -0.15) is 0 Å². The maximum Gasteiger partial charge on any atom is 0.261 e. The normalized spacial score (nSPS) is 13.0. The Bertz CT molecular complexity index is 967. The summed E-state index contributed by atoms with van der Waals surface area (Å²) in [6, 6.07) is 10.5. The largest absolute Gasteiger partial charge is 0.486 e. The third-order valence-corrected chi connectivity index (χ3v) is 5.45. The number of nitrogens with one attached hydrogen (secondary N) is 1. The van der Waals surface area contributed by atoms with Crippen LogP contribution in [-0.4, -0.2) is 19.1 Å². The van der Waals surface area contributed by atoms with Crippen LogP contribution < -0.4 is 14.8 Å². The van der Waals surface area contributed by atoms with E-state index in [4.69, 9.17) is 9.47 Å². The highest BCUT2D eigenvalue weighted by atomic mass is 32.1. The fraction of sp³-hybridized carbons (Fsp3) is 0.211. The molecule has 1 aromatic heterocycles. The maximum atomic E-state index is 14.0. The summed E-state index contributed by atoms with van der Waals surface area (Å²) >= 11 is 1.30. The Morgan fingerprint density at radius 3 is 2.84 bits per heavy atom. The minimum absolute atomic E-state index is 0.215. The molecule has 0 bridgehead atoms. The van der Waals surface area contributed by atoms with Crippen molar-refractivity contribution in [3.05, 3.63) is 58.2 Å². The Morgan fingerprint density at radius 2 is 2.00 bits per heavy atom. The van der Waals surface area contributed by atoms with Gasteiger partial charge in [-0.3, -0.25) is 4.79 Å². The van der Waals surface area contributed by atoms with Crippen molar-refractivity contribution in [3.8, 4) is 11.5 Å². The van der Waals surface area contributed by atoms with E-state index >= 15 is 0 Å². The quantitative estimate of drug-likeness (QED) is 0.769. The van der Waals surface area contributed by atoms with E-state index in [0.29, 0.717) is 47.1 Å². The highest BCUT2D eigenvalue weighted by Gasteiger charge is 2.19. The van der Waals surface area contributed by atoms with Crippen molar-refractivity contribution in [1.29, 1.82) is 0 Å². The van der Waals surface area contributed by atoms with E-state index in [1.54, 1.807) is 13.0 Å². The summed E-state index contributed by atoms with van der Waals surface area (Å²) in [6.07, 6.45) is 0. The van der Waals surface area contributed by atoms with Gasteiger partial charge in [-0.1, -0.05) is 18.2 Å². The zero-order valence-electron chi connectivity index (χ0n) is 13.6. The molecule has 4 rings (SSSR count). The number of hydrogen-bond donors (Lipinski definition) is 1. The van der Waals surface area contributed by atoms with Crippen LogP contribution in [0.5, 0.6) is 11.5 Å². The number of aryl methyl sites for hydroxylation is 1. The number of para-hydroxylation sites is 1. The summed E-state index contributed by atoms with van der Waals surface area (Å²) in [4.78, 5) is 13.1. The van der Waals surface area contributed by atoms with Gasteiger partial charge in [0.05, 0.1) is 4.88 Å². The molecule has 0 fully saturated rings. The summed E-state index contributed by atoms with van der Waals surface area (Å²) in [5.41, 5.74) is 1.53. The smallest absolute Gasteiger partial charge is 0.261 e. The molecule has 3 aromatic rings. The van der Waals surface area contributed by atoms with Crippen LogP contribution in [0.25, 0.3) is 10.1 Å². The van der Waals surface area contributed by atoms with Gasteiger partial charge in [0.15, 0.2) is 11.5 Å². The van der Waals surface area contributed by atoms with E-state index in [2.05, 4.69) is 5.32 Å². The number of fused-ring (bicyclic) bond motifs is 2. The van der Waals surface area contributed by atoms with Gasteiger partial charge in [-0.15, -0.1) is 11.3 Å². The lowest BCUT2D eigenvalue weighted by Gasteiger charge is -2.21. The number of halogens is 1. The van der Waals surface area contributed by atoms with Gasteiger partial charge in [0.2, 0.25) is 0 Å². The van der Waals surface area contributed by atoms with Crippen LogP contribution in [0.3, 0.4) is 0 Å². The molecule has 0 spiro atoms. The summed E-state index contributed by atoms with van der Waals surface area (Å²) in [5, 5.41) is 3.42. The first-order valence-electron chi connectivity index (χ1n) is 7.98. The van der Waals surface area contributed by atoms with Crippen molar-refractivity contribution < 1.29 is 18.7 Å². The second-order valence-electron chi connectivity index (χ2n) is 5.79. The van der Waals surface area contributed by atoms with Crippen molar-refractivity contribution in [1.82, 2.24) is 5.32 Å². The molecular formula is C19H16FNO3S. The second kappa shape index (κ2) is 6.37. The molecule has 128 valence electrons. The van der Waals surface area contributed by atoms with Gasteiger partial charge in [-0.25, -0.2) is 4.39 Å². The molecule has 0 atom stereocenters. The number of carbonyl (C=O) groups excluding carboxylic acids is 1. The van der Waals surface area contributed by atoms with E-state index in [9.17, 15) is 9.18 Å². The van der Waals surface area contributed by atoms with Crippen LogP contribution in [0.4, 0.5) is 4.39 Å². The minimum atomic E-state index is -0.298. The van der Waals surface area contributed by atoms with Crippen LogP contribution in [0.2, 0.25) is 0 Å². The first-order chi connectivity index (χ1) is 12.1. The molecule has 0 radical (unpaired) electrons. The molecule has 2 heterocycles. The average molecular weight is 357 g/mol. The lowest BCUT2D eigenvalue weighted by molar-refractivity contribution is 0.0953. The van der Waals surface area contributed by atoms with E-state index < -0.39 is 0 Å². The van der Waals surface area contributed by atoms with Crippen LogP contribution in [0.15, 0.2) is 36.4 Å². The van der Waals surface area contributed by atoms with Crippen molar-refractivity contribution in [3.63, 3.8) is 0 Å². The van der Waals surface area contributed by atoms with Crippen LogP contribution in [0, 0.1) is 12.7 Å². The van der Waals surface area contributed by atoms with Crippen molar-refractivity contribution >= 4 is 27.3 Å². The van der Waals surface area contributed by atoms with E-state index in [-0.39, 0.29) is 11.7 Å². The molecule has 1 amide bonds. The fourth-order valence-corrected chi connectivity index (χ4v) is 4.14. The summed E-state index contributed by atoms with van der Waals surface area (Å²) in [7, 11) is 0. The Hall–Kier alpha value is -2.60. The van der Waals surface area contributed by atoms with Gasteiger partial charge in [0.25, 0.3) is 5.91 Å². The van der Waals surface area contributed by atoms with Crippen molar-refractivity contribution in [2.75, 3.05) is 13.2 Å². The summed E-state index contributed by atoms with van der Waals surface area (Å²) < 4.78 is 26.0. The van der Waals surface area contributed by atoms with Gasteiger partial charge in [0, 0.05) is 22.2 Å². The molecule has 4 nitrogen and oxygen atoms in total.